The number of hydrogen-bond donors (Lipinski definition) is 1. The zero-order valence-electron chi connectivity index (χ0n) is 11.8. The van der Waals surface area contributed by atoms with Gasteiger partial charge in [-0.15, -0.1) is 0 Å². The molecule has 4 heteroatoms. The van der Waals surface area contributed by atoms with Crippen molar-refractivity contribution < 1.29 is 0 Å². The molecule has 0 radical (unpaired) electrons. The second-order valence-electron chi connectivity index (χ2n) is 5.56. The third-order valence-electron chi connectivity index (χ3n) is 4.45. The van der Waals surface area contributed by atoms with E-state index < -0.39 is 0 Å². The first kappa shape index (κ1) is 14.1. The van der Waals surface area contributed by atoms with Crippen molar-refractivity contribution in [2.75, 3.05) is 0 Å². The normalized spacial score (nSPS) is 27.9. The van der Waals surface area contributed by atoms with Crippen LogP contribution in [0.5, 0.6) is 0 Å². The van der Waals surface area contributed by atoms with Gasteiger partial charge in [-0.1, -0.05) is 13.8 Å². The number of aryl methyl sites for hydroxylation is 2. The number of aromatic nitrogens is 2. The molecular weight excluding hydrogens is 290 g/mol. The van der Waals surface area contributed by atoms with Crippen molar-refractivity contribution in [3.63, 3.8) is 0 Å². The first-order chi connectivity index (χ1) is 8.54. The Morgan fingerprint density at radius 3 is 2.67 bits per heavy atom. The Morgan fingerprint density at radius 1 is 1.39 bits per heavy atom. The molecule has 2 rings (SSSR count). The smallest absolute Gasteiger partial charge is 0.0739 e. The number of hydrogen-bond acceptors (Lipinski definition) is 2. The van der Waals surface area contributed by atoms with Gasteiger partial charge < -0.3 is 5.32 Å². The highest BCUT2D eigenvalue weighted by Gasteiger charge is 2.29. The first-order valence-corrected chi connectivity index (χ1v) is 7.79. The van der Waals surface area contributed by atoms with E-state index in [-0.39, 0.29) is 0 Å². The maximum atomic E-state index is 4.54. The minimum Gasteiger partial charge on any atom is -0.308 e. The number of halogens is 1. The van der Waals surface area contributed by atoms with E-state index in [4.69, 9.17) is 0 Å². The molecule has 1 heterocycles. The van der Waals surface area contributed by atoms with Gasteiger partial charge >= 0.3 is 0 Å². The average Bonchev–Trinajstić information content (AvgIpc) is 2.81. The van der Waals surface area contributed by atoms with E-state index in [0.717, 1.165) is 35.1 Å². The molecule has 0 bridgehead atoms. The maximum absolute atomic E-state index is 4.54. The summed E-state index contributed by atoms with van der Waals surface area (Å²) in [6.45, 7) is 10.8. The van der Waals surface area contributed by atoms with Crippen molar-refractivity contribution in [3.8, 4) is 0 Å². The zero-order valence-corrected chi connectivity index (χ0v) is 13.4. The summed E-state index contributed by atoms with van der Waals surface area (Å²) in [5, 5.41) is 8.25. The molecule has 1 aliphatic rings. The standard InChI is InChI=1S/C14H24BrN3/c1-5-18-13(14(15)11(4)17-18)8-16-12-7-6-9(2)10(12)3/h9-10,12,16H,5-8H2,1-4H3. The Labute approximate surface area is 118 Å². The predicted octanol–water partition coefficient (Wildman–Crippen LogP) is 3.50. The van der Waals surface area contributed by atoms with Gasteiger partial charge in [0.05, 0.1) is 15.9 Å². The van der Waals surface area contributed by atoms with Crippen molar-refractivity contribution >= 4 is 15.9 Å². The lowest BCUT2D eigenvalue weighted by Gasteiger charge is -2.20. The van der Waals surface area contributed by atoms with E-state index >= 15 is 0 Å². The summed E-state index contributed by atoms with van der Waals surface area (Å²) >= 11 is 3.66. The summed E-state index contributed by atoms with van der Waals surface area (Å²) in [5.74, 6) is 1.63. The molecule has 0 aliphatic heterocycles. The van der Waals surface area contributed by atoms with Gasteiger partial charge in [-0.05, 0) is 54.5 Å². The Balaban J connectivity index is 2.02. The number of nitrogens with one attached hydrogen (secondary N) is 1. The molecule has 102 valence electrons. The fraction of sp³-hybridized carbons (Fsp3) is 0.786. The molecule has 0 spiro atoms. The Bertz CT molecular complexity index is 413. The van der Waals surface area contributed by atoms with Crippen molar-refractivity contribution in [2.24, 2.45) is 11.8 Å². The molecule has 1 aliphatic carbocycles. The highest BCUT2D eigenvalue weighted by atomic mass is 79.9. The van der Waals surface area contributed by atoms with Crippen molar-refractivity contribution in [3.05, 3.63) is 15.9 Å². The van der Waals surface area contributed by atoms with E-state index in [1.54, 1.807) is 0 Å². The fourth-order valence-corrected chi connectivity index (χ4v) is 3.34. The SMILES string of the molecule is CCn1nc(C)c(Br)c1CNC1CCC(C)C1C. The van der Waals surface area contributed by atoms with Crippen LogP contribution in [0.15, 0.2) is 4.47 Å². The van der Waals surface area contributed by atoms with Crippen LogP contribution in [0.1, 0.15) is 45.0 Å². The van der Waals surface area contributed by atoms with E-state index in [1.807, 2.05) is 0 Å². The lowest BCUT2D eigenvalue weighted by Crippen LogP contribution is -2.32. The minimum atomic E-state index is 0.660. The molecule has 1 N–H and O–H groups in total. The Morgan fingerprint density at radius 2 is 2.11 bits per heavy atom. The van der Waals surface area contributed by atoms with Gasteiger partial charge in [0.2, 0.25) is 0 Å². The molecule has 0 aromatic carbocycles. The van der Waals surface area contributed by atoms with E-state index in [1.165, 1.54) is 18.5 Å². The van der Waals surface area contributed by atoms with E-state index in [2.05, 4.69) is 58.7 Å². The van der Waals surface area contributed by atoms with Crippen LogP contribution < -0.4 is 5.32 Å². The summed E-state index contributed by atoms with van der Waals surface area (Å²) in [6.07, 6.45) is 2.66. The number of nitrogens with zero attached hydrogens (tertiary/aromatic N) is 2. The van der Waals surface area contributed by atoms with Crippen LogP contribution in [-0.2, 0) is 13.1 Å². The maximum Gasteiger partial charge on any atom is 0.0739 e. The molecule has 0 saturated heterocycles. The van der Waals surface area contributed by atoms with Crippen LogP contribution in [0.25, 0.3) is 0 Å². The van der Waals surface area contributed by atoms with Crippen LogP contribution in [0.3, 0.4) is 0 Å². The van der Waals surface area contributed by atoms with E-state index in [9.17, 15) is 0 Å². The zero-order chi connectivity index (χ0) is 13.3. The Hall–Kier alpha value is -0.350. The van der Waals surface area contributed by atoms with Gasteiger partial charge in [0.1, 0.15) is 0 Å². The summed E-state index contributed by atoms with van der Waals surface area (Å²) in [7, 11) is 0. The third-order valence-corrected chi connectivity index (χ3v) is 5.48. The van der Waals surface area contributed by atoms with E-state index in [0.29, 0.717) is 6.04 Å². The fourth-order valence-electron chi connectivity index (χ4n) is 2.92. The molecule has 3 atom stereocenters. The average molecular weight is 314 g/mol. The van der Waals surface area contributed by atoms with Gasteiger partial charge in [0.25, 0.3) is 0 Å². The lowest BCUT2D eigenvalue weighted by molar-refractivity contribution is 0.365. The van der Waals surface area contributed by atoms with Crippen molar-refractivity contribution in [2.45, 2.75) is 59.7 Å². The van der Waals surface area contributed by atoms with Crippen LogP contribution >= 0.6 is 15.9 Å². The van der Waals surface area contributed by atoms with Crippen LogP contribution in [0.4, 0.5) is 0 Å². The molecule has 1 fully saturated rings. The summed E-state index contributed by atoms with van der Waals surface area (Å²) in [4.78, 5) is 0. The van der Waals surface area contributed by atoms with Gasteiger partial charge in [-0.3, -0.25) is 4.68 Å². The highest BCUT2D eigenvalue weighted by molar-refractivity contribution is 9.10. The van der Waals surface area contributed by atoms with Gasteiger partial charge in [0, 0.05) is 19.1 Å². The molecule has 18 heavy (non-hydrogen) atoms. The molecule has 3 unspecified atom stereocenters. The molecule has 0 amide bonds. The lowest BCUT2D eigenvalue weighted by atomic mass is 9.98. The van der Waals surface area contributed by atoms with Crippen LogP contribution in [0, 0.1) is 18.8 Å². The van der Waals surface area contributed by atoms with Gasteiger partial charge in [-0.2, -0.15) is 5.10 Å². The first-order valence-electron chi connectivity index (χ1n) is 6.99. The molecule has 1 aromatic rings. The number of rotatable bonds is 4. The highest BCUT2D eigenvalue weighted by Crippen LogP contribution is 2.31. The second-order valence-corrected chi connectivity index (χ2v) is 6.36. The van der Waals surface area contributed by atoms with Crippen LogP contribution in [-0.4, -0.2) is 15.8 Å². The third kappa shape index (κ3) is 2.64. The second kappa shape index (κ2) is 5.74. The topological polar surface area (TPSA) is 29.9 Å². The Kier molecular flexibility index (Phi) is 4.49. The molecular formula is C14H24BrN3. The summed E-state index contributed by atoms with van der Waals surface area (Å²) in [6, 6.07) is 0.660. The summed E-state index contributed by atoms with van der Waals surface area (Å²) < 4.78 is 3.26. The monoisotopic (exact) mass is 313 g/mol. The summed E-state index contributed by atoms with van der Waals surface area (Å²) in [5.41, 5.74) is 2.36. The molecule has 1 saturated carbocycles. The van der Waals surface area contributed by atoms with Crippen molar-refractivity contribution in [1.82, 2.24) is 15.1 Å². The minimum absolute atomic E-state index is 0.660. The quantitative estimate of drug-likeness (QED) is 0.922. The van der Waals surface area contributed by atoms with Gasteiger partial charge in [0.15, 0.2) is 0 Å². The molecule has 1 aromatic heterocycles. The largest absolute Gasteiger partial charge is 0.308 e. The van der Waals surface area contributed by atoms with Gasteiger partial charge in [-0.25, -0.2) is 0 Å². The molecule has 3 nitrogen and oxygen atoms in total. The van der Waals surface area contributed by atoms with Crippen molar-refractivity contribution in [1.29, 1.82) is 0 Å². The van der Waals surface area contributed by atoms with Crippen LogP contribution in [0.2, 0.25) is 0 Å². The predicted molar refractivity (Wildman–Crippen MR) is 78.5 cm³/mol.